The smallest absolute Gasteiger partial charge is 0.410 e. The molecule has 3 N–H and O–H groups in total. The number of carbonyl (C=O) groups excluding carboxylic acids is 3. The van der Waals surface area contributed by atoms with E-state index in [1.807, 2.05) is 5.32 Å². The Hall–Kier alpha value is -3.23. The quantitative estimate of drug-likeness (QED) is 0.393. The molecule has 40 heavy (non-hydrogen) atoms. The number of nitrogens with one attached hydrogen (secondary N) is 3. The van der Waals surface area contributed by atoms with Crippen LogP contribution in [0.4, 0.5) is 37.4 Å². The van der Waals surface area contributed by atoms with E-state index in [1.54, 1.807) is 20.8 Å². The van der Waals surface area contributed by atoms with Crippen LogP contribution >= 0.6 is 0 Å². The predicted molar refractivity (Wildman–Crippen MR) is 133 cm³/mol. The van der Waals surface area contributed by atoms with E-state index < -0.39 is 79.2 Å². The summed E-state index contributed by atoms with van der Waals surface area (Å²) in [6.45, 7) is 4.10. The zero-order valence-corrected chi connectivity index (χ0v) is 22.6. The zero-order chi connectivity index (χ0) is 29.9. The molecule has 1 aromatic rings. The maximum absolute atomic E-state index is 13.8. The van der Waals surface area contributed by atoms with Gasteiger partial charge < -0.3 is 30.3 Å². The van der Waals surface area contributed by atoms with E-state index in [4.69, 9.17) is 9.47 Å². The number of aromatic nitrogens is 1. The van der Waals surface area contributed by atoms with Gasteiger partial charge in [-0.05, 0) is 57.2 Å². The minimum atomic E-state index is -4.64. The van der Waals surface area contributed by atoms with Gasteiger partial charge in [-0.15, -0.1) is 0 Å². The molecule has 0 radical (unpaired) electrons. The molecule has 0 unspecified atom stereocenters. The summed E-state index contributed by atoms with van der Waals surface area (Å²) in [5.41, 5.74) is -0.539. The number of alkyl halides is 5. The number of urea groups is 1. The third kappa shape index (κ3) is 8.38. The summed E-state index contributed by atoms with van der Waals surface area (Å²) in [4.78, 5) is 43.2. The molecule has 1 aromatic heterocycles. The van der Waals surface area contributed by atoms with Gasteiger partial charge in [0.25, 0.3) is 0 Å². The maximum atomic E-state index is 13.8. The van der Waals surface area contributed by atoms with E-state index in [2.05, 4.69) is 15.6 Å². The normalized spacial score (nSPS) is 21.4. The van der Waals surface area contributed by atoms with Crippen molar-refractivity contribution >= 4 is 23.8 Å². The van der Waals surface area contributed by atoms with Crippen LogP contribution in [0.5, 0.6) is 0 Å². The van der Waals surface area contributed by atoms with Crippen molar-refractivity contribution in [1.29, 1.82) is 0 Å². The first-order valence-electron chi connectivity index (χ1n) is 12.8. The van der Waals surface area contributed by atoms with E-state index in [0.29, 0.717) is 5.56 Å². The van der Waals surface area contributed by atoms with Crippen molar-refractivity contribution in [2.24, 2.45) is 5.92 Å². The second-order valence-corrected chi connectivity index (χ2v) is 10.9. The van der Waals surface area contributed by atoms with Crippen LogP contribution in [-0.4, -0.2) is 78.0 Å². The number of anilines is 1. The van der Waals surface area contributed by atoms with Crippen LogP contribution < -0.4 is 16.0 Å². The SMILES string of the molecule is COC[C@H](c1ccnc(NC(=O)[C@@H](NC(=O)OC(C)(C)C)C2CCC(F)(F)CC2)c1)N1C[C@@H](C(F)(F)F)NC1=O. The summed E-state index contributed by atoms with van der Waals surface area (Å²) in [6, 6.07) is -2.30. The number of pyridine rings is 1. The number of nitrogens with zero attached hydrogens (tertiary/aromatic N) is 2. The van der Waals surface area contributed by atoms with E-state index in [-0.39, 0.29) is 25.3 Å². The molecule has 224 valence electrons. The molecule has 1 saturated carbocycles. The zero-order valence-electron chi connectivity index (χ0n) is 22.6. The predicted octanol–water partition coefficient (Wildman–Crippen LogP) is 4.38. The first kappa shape index (κ1) is 31.3. The highest BCUT2D eigenvalue weighted by atomic mass is 19.4. The molecular weight excluding hydrogens is 545 g/mol. The number of hydrogen-bond acceptors (Lipinski definition) is 6. The summed E-state index contributed by atoms with van der Waals surface area (Å²) >= 11 is 0. The average molecular weight is 580 g/mol. The monoisotopic (exact) mass is 579 g/mol. The Kier molecular flexibility index (Phi) is 9.47. The molecule has 15 heteroatoms. The Morgan fingerprint density at radius 2 is 1.88 bits per heavy atom. The van der Waals surface area contributed by atoms with Crippen LogP contribution in [0, 0.1) is 5.92 Å². The summed E-state index contributed by atoms with van der Waals surface area (Å²) in [7, 11) is 1.33. The molecule has 10 nitrogen and oxygen atoms in total. The third-order valence-electron chi connectivity index (χ3n) is 6.64. The fourth-order valence-corrected chi connectivity index (χ4v) is 4.69. The Morgan fingerprint density at radius 1 is 1.23 bits per heavy atom. The van der Waals surface area contributed by atoms with Crippen LogP contribution in [0.3, 0.4) is 0 Å². The van der Waals surface area contributed by atoms with E-state index >= 15 is 0 Å². The molecule has 2 aliphatic rings. The number of alkyl carbamates (subject to hydrolysis) is 1. The minimum Gasteiger partial charge on any atom is -0.444 e. The Morgan fingerprint density at radius 3 is 2.42 bits per heavy atom. The number of halogens is 5. The largest absolute Gasteiger partial charge is 0.444 e. The first-order chi connectivity index (χ1) is 18.5. The van der Waals surface area contributed by atoms with Crippen LogP contribution in [-0.2, 0) is 14.3 Å². The molecule has 0 spiro atoms. The highest BCUT2D eigenvalue weighted by molar-refractivity contribution is 5.96. The van der Waals surface area contributed by atoms with Crippen molar-refractivity contribution in [3.8, 4) is 0 Å². The molecule has 0 aromatic carbocycles. The summed E-state index contributed by atoms with van der Waals surface area (Å²) in [6.07, 6.45) is -5.17. The van der Waals surface area contributed by atoms with E-state index in [1.165, 1.54) is 25.4 Å². The number of hydrogen-bond donors (Lipinski definition) is 3. The molecule has 2 heterocycles. The number of amides is 4. The van der Waals surface area contributed by atoms with Crippen molar-refractivity contribution in [3.05, 3.63) is 23.9 Å². The second-order valence-electron chi connectivity index (χ2n) is 10.9. The standard InChI is InChI=1S/C25H34F5N5O5/c1-23(2,3)40-22(38)34-19(14-5-8-24(26,27)9-6-14)20(36)33-18-11-15(7-10-31-18)16(13-39-4)35-12-17(25(28,29)30)32-21(35)37/h7,10-11,14,16-17,19H,5-6,8-9,12-13H2,1-4H3,(H,32,37)(H,34,38)(H,31,33,36)/t16-,17+,19+/m1/s1. The molecule has 3 rings (SSSR count). The van der Waals surface area contributed by atoms with Crippen LogP contribution in [0.15, 0.2) is 18.3 Å². The molecule has 1 aliphatic heterocycles. The lowest BCUT2D eigenvalue weighted by Gasteiger charge is -2.33. The minimum absolute atomic E-state index is 0.0191. The second kappa shape index (κ2) is 12.1. The van der Waals surface area contributed by atoms with Crippen LogP contribution in [0.25, 0.3) is 0 Å². The molecule has 3 atom stereocenters. The summed E-state index contributed by atoms with van der Waals surface area (Å²) in [5, 5.41) is 6.94. The molecular formula is C25H34F5N5O5. The first-order valence-corrected chi connectivity index (χ1v) is 12.8. The Bertz CT molecular complexity index is 1070. The molecule has 1 saturated heterocycles. The summed E-state index contributed by atoms with van der Waals surface area (Å²) < 4.78 is 77.6. The molecule has 4 amide bonds. The van der Waals surface area contributed by atoms with E-state index in [0.717, 1.165) is 4.90 Å². The van der Waals surface area contributed by atoms with Gasteiger partial charge in [0.05, 0.1) is 19.2 Å². The topological polar surface area (TPSA) is 122 Å². The fraction of sp³-hybridized carbons (Fsp3) is 0.680. The van der Waals surface area contributed by atoms with Gasteiger partial charge in [-0.25, -0.2) is 23.4 Å². The van der Waals surface area contributed by atoms with Crippen molar-refractivity contribution in [2.75, 3.05) is 25.6 Å². The highest BCUT2D eigenvalue weighted by Crippen LogP contribution is 2.38. The number of methoxy groups -OCH3 is 1. The number of rotatable bonds is 8. The fourth-order valence-electron chi connectivity index (χ4n) is 4.69. The number of carbonyl (C=O) groups is 3. The van der Waals surface area contributed by atoms with Crippen LogP contribution in [0.1, 0.15) is 58.1 Å². The van der Waals surface area contributed by atoms with Crippen molar-refractivity contribution in [2.45, 2.75) is 82.3 Å². The Balaban J connectivity index is 1.80. The van der Waals surface area contributed by atoms with Crippen molar-refractivity contribution in [3.63, 3.8) is 0 Å². The van der Waals surface area contributed by atoms with Gasteiger partial charge in [0.15, 0.2) is 0 Å². The van der Waals surface area contributed by atoms with Crippen LogP contribution in [0.2, 0.25) is 0 Å². The molecule has 0 bridgehead atoms. The Labute approximate surface area is 228 Å². The third-order valence-corrected chi connectivity index (χ3v) is 6.64. The van der Waals surface area contributed by atoms with Gasteiger partial charge in [0.1, 0.15) is 23.5 Å². The lowest BCUT2D eigenvalue weighted by Crippen LogP contribution is -2.51. The summed E-state index contributed by atoms with van der Waals surface area (Å²) in [5.74, 6) is -4.22. The van der Waals surface area contributed by atoms with Crippen molar-refractivity contribution in [1.82, 2.24) is 20.5 Å². The van der Waals surface area contributed by atoms with Gasteiger partial charge in [-0.2, -0.15) is 13.2 Å². The van der Waals surface area contributed by atoms with Gasteiger partial charge in [-0.1, -0.05) is 0 Å². The molecule has 2 fully saturated rings. The lowest BCUT2D eigenvalue weighted by molar-refractivity contribution is -0.150. The van der Waals surface area contributed by atoms with Gasteiger partial charge in [-0.3, -0.25) is 4.79 Å². The average Bonchev–Trinajstić information content (AvgIpc) is 3.22. The molecule has 1 aliphatic carbocycles. The lowest BCUT2D eigenvalue weighted by atomic mass is 9.81. The number of ether oxygens (including phenoxy) is 2. The van der Waals surface area contributed by atoms with Gasteiger partial charge >= 0.3 is 18.3 Å². The van der Waals surface area contributed by atoms with Gasteiger partial charge in [0, 0.05) is 26.1 Å². The van der Waals surface area contributed by atoms with E-state index in [9.17, 15) is 36.3 Å². The van der Waals surface area contributed by atoms with Crippen molar-refractivity contribution < 1.29 is 45.8 Å². The maximum Gasteiger partial charge on any atom is 0.410 e. The highest BCUT2D eigenvalue weighted by Gasteiger charge is 2.48. The van der Waals surface area contributed by atoms with Gasteiger partial charge in [0.2, 0.25) is 11.8 Å².